The molecular weight excluding hydrogens is 266 g/mol. The van der Waals surface area contributed by atoms with E-state index in [4.69, 9.17) is 0 Å². The number of benzene rings is 1. The average molecular weight is 280 g/mol. The van der Waals surface area contributed by atoms with Crippen molar-refractivity contribution in [1.29, 1.82) is 0 Å². The smallest absolute Gasteiger partial charge is 0.0925 e. The number of aryl methyl sites for hydroxylation is 2. The maximum absolute atomic E-state index is 4.25. The van der Waals surface area contributed by atoms with Crippen molar-refractivity contribution >= 4 is 21.6 Å². The van der Waals surface area contributed by atoms with Crippen molar-refractivity contribution in [3.8, 4) is 0 Å². The molecule has 84 valence electrons. The summed E-state index contributed by atoms with van der Waals surface area (Å²) in [7, 11) is 0. The third kappa shape index (κ3) is 2.64. The highest BCUT2D eigenvalue weighted by atomic mass is 79.9. The summed E-state index contributed by atoms with van der Waals surface area (Å²) in [5.74, 6) is 0. The molecule has 1 aromatic carbocycles. The van der Waals surface area contributed by atoms with E-state index in [1.807, 2.05) is 6.92 Å². The molecule has 0 saturated carbocycles. The molecule has 0 atom stereocenters. The minimum absolute atomic E-state index is 0.741. The Morgan fingerprint density at radius 2 is 2.12 bits per heavy atom. The van der Waals surface area contributed by atoms with Crippen LogP contribution in [0.25, 0.3) is 0 Å². The molecule has 2 rings (SSSR count). The number of aromatic nitrogens is 2. The van der Waals surface area contributed by atoms with Crippen molar-refractivity contribution in [3.63, 3.8) is 0 Å². The molecule has 0 aliphatic heterocycles. The van der Waals surface area contributed by atoms with E-state index in [1.165, 1.54) is 5.56 Å². The van der Waals surface area contributed by atoms with Crippen LogP contribution in [0.4, 0.5) is 5.69 Å². The molecule has 4 heteroatoms. The zero-order chi connectivity index (χ0) is 11.5. The molecule has 0 unspecified atom stereocenters. The highest BCUT2D eigenvalue weighted by molar-refractivity contribution is 9.10. The fraction of sp³-hybridized carbons (Fsp3) is 0.250. The number of aromatic amines is 1. The second kappa shape index (κ2) is 4.70. The second-order valence-electron chi connectivity index (χ2n) is 3.85. The van der Waals surface area contributed by atoms with Crippen LogP contribution >= 0.6 is 15.9 Å². The Morgan fingerprint density at radius 1 is 1.31 bits per heavy atom. The number of halogens is 1. The molecule has 0 bridgehead atoms. The summed E-state index contributed by atoms with van der Waals surface area (Å²) in [6, 6.07) is 6.27. The summed E-state index contributed by atoms with van der Waals surface area (Å²) >= 11 is 3.48. The zero-order valence-electron chi connectivity index (χ0n) is 9.34. The second-order valence-corrected chi connectivity index (χ2v) is 4.76. The third-order valence-corrected chi connectivity index (χ3v) is 2.89. The molecule has 0 aliphatic carbocycles. The molecule has 0 fully saturated rings. The zero-order valence-corrected chi connectivity index (χ0v) is 10.9. The van der Waals surface area contributed by atoms with Crippen LogP contribution in [0.5, 0.6) is 0 Å². The number of anilines is 1. The predicted octanol–water partition coefficient (Wildman–Crippen LogP) is 3.40. The Morgan fingerprint density at radius 3 is 2.75 bits per heavy atom. The Hall–Kier alpha value is -1.29. The van der Waals surface area contributed by atoms with E-state index >= 15 is 0 Å². The average Bonchev–Trinajstić information content (AvgIpc) is 2.59. The van der Waals surface area contributed by atoms with Crippen LogP contribution in [0.1, 0.15) is 17.0 Å². The SMILES string of the molecule is Cc1cc(Br)cc(NCc2nc[nH]c2C)c1. The number of rotatable bonds is 3. The van der Waals surface area contributed by atoms with E-state index in [2.05, 4.69) is 56.3 Å². The first-order chi connectivity index (χ1) is 7.65. The van der Waals surface area contributed by atoms with E-state index in [-0.39, 0.29) is 0 Å². The van der Waals surface area contributed by atoms with Crippen molar-refractivity contribution in [3.05, 3.63) is 46.0 Å². The lowest BCUT2D eigenvalue weighted by Gasteiger charge is -2.07. The molecule has 0 saturated heterocycles. The highest BCUT2D eigenvalue weighted by Gasteiger charge is 2.01. The molecule has 0 spiro atoms. The third-order valence-electron chi connectivity index (χ3n) is 2.44. The minimum Gasteiger partial charge on any atom is -0.379 e. The van der Waals surface area contributed by atoms with Gasteiger partial charge in [0.1, 0.15) is 0 Å². The lowest BCUT2D eigenvalue weighted by molar-refractivity contribution is 1.05. The van der Waals surface area contributed by atoms with Gasteiger partial charge in [0, 0.05) is 15.9 Å². The van der Waals surface area contributed by atoms with Gasteiger partial charge in [0.2, 0.25) is 0 Å². The van der Waals surface area contributed by atoms with Crippen molar-refractivity contribution in [2.24, 2.45) is 0 Å². The van der Waals surface area contributed by atoms with Gasteiger partial charge in [0.25, 0.3) is 0 Å². The number of hydrogen-bond acceptors (Lipinski definition) is 2. The molecule has 16 heavy (non-hydrogen) atoms. The van der Waals surface area contributed by atoms with Gasteiger partial charge in [-0.1, -0.05) is 15.9 Å². The summed E-state index contributed by atoms with van der Waals surface area (Å²) in [4.78, 5) is 7.31. The van der Waals surface area contributed by atoms with E-state index < -0.39 is 0 Å². The fourth-order valence-corrected chi connectivity index (χ4v) is 2.20. The van der Waals surface area contributed by atoms with Crippen LogP contribution in [0.3, 0.4) is 0 Å². The van der Waals surface area contributed by atoms with Gasteiger partial charge in [0.15, 0.2) is 0 Å². The standard InChI is InChI=1S/C12H14BrN3/c1-8-3-10(13)5-11(4-8)14-6-12-9(2)15-7-16-12/h3-5,7,14H,6H2,1-2H3,(H,15,16). The number of nitrogens with zero attached hydrogens (tertiary/aromatic N) is 1. The summed E-state index contributed by atoms with van der Waals surface area (Å²) in [5.41, 5.74) is 4.50. The summed E-state index contributed by atoms with van der Waals surface area (Å²) in [5, 5.41) is 3.36. The maximum Gasteiger partial charge on any atom is 0.0925 e. The molecule has 0 radical (unpaired) electrons. The Balaban J connectivity index is 2.07. The molecular formula is C12H14BrN3. The molecule has 0 amide bonds. The molecule has 1 heterocycles. The minimum atomic E-state index is 0.741. The van der Waals surface area contributed by atoms with Gasteiger partial charge < -0.3 is 10.3 Å². The van der Waals surface area contributed by atoms with Crippen molar-refractivity contribution in [2.75, 3.05) is 5.32 Å². The number of imidazole rings is 1. The van der Waals surface area contributed by atoms with Crippen LogP contribution in [-0.2, 0) is 6.54 Å². The van der Waals surface area contributed by atoms with E-state index in [9.17, 15) is 0 Å². The summed E-state index contributed by atoms with van der Waals surface area (Å²) in [6.45, 7) is 4.84. The van der Waals surface area contributed by atoms with Gasteiger partial charge >= 0.3 is 0 Å². The largest absolute Gasteiger partial charge is 0.379 e. The molecule has 1 aromatic heterocycles. The number of hydrogen-bond donors (Lipinski definition) is 2. The quantitative estimate of drug-likeness (QED) is 0.904. The fourth-order valence-electron chi connectivity index (χ4n) is 1.59. The van der Waals surface area contributed by atoms with Crippen molar-refractivity contribution in [2.45, 2.75) is 20.4 Å². The van der Waals surface area contributed by atoms with Gasteiger partial charge in [0.05, 0.1) is 18.6 Å². The monoisotopic (exact) mass is 279 g/mol. The van der Waals surface area contributed by atoms with Crippen molar-refractivity contribution in [1.82, 2.24) is 9.97 Å². The number of nitrogens with one attached hydrogen (secondary N) is 2. The lowest BCUT2D eigenvalue weighted by Crippen LogP contribution is -2.01. The first-order valence-electron chi connectivity index (χ1n) is 5.15. The van der Waals surface area contributed by atoms with E-state index in [0.29, 0.717) is 0 Å². The van der Waals surface area contributed by atoms with Crippen LogP contribution in [-0.4, -0.2) is 9.97 Å². The molecule has 0 aliphatic rings. The maximum atomic E-state index is 4.25. The van der Waals surface area contributed by atoms with E-state index in [0.717, 1.165) is 28.1 Å². The van der Waals surface area contributed by atoms with Gasteiger partial charge in [-0.25, -0.2) is 4.98 Å². The van der Waals surface area contributed by atoms with Gasteiger partial charge in [-0.05, 0) is 37.6 Å². The first-order valence-corrected chi connectivity index (χ1v) is 5.94. The van der Waals surface area contributed by atoms with Gasteiger partial charge in [-0.3, -0.25) is 0 Å². The Labute approximate surface area is 103 Å². The predicted molar refractivity (Wildman–Crippen MR) is 69.5 cm³/mol. The molecule has 3 nitrogen and oxygen atoms in total. The van der Waals surface area contributed by atoms with E-state index in [1.54, 1.807) is 6.33 Å². The highest BCUT2D eigenvalue weighted by Crippen LogP contribution is 2.19. The molecule has 2 N–H and O–H groups in total. The van der Waals surface area contributed by atoms with Crippen LogP contribution in [0, 0.1) is 13.8 Å². The lowest BCUT2D eigenvalue weighted by atomic mass is 10.2. The van der Waals surface area contributed by atoms with Crippen LogP contribution in [0.2, 0.25) is 0 Å². The van der Waals surface area contributed by atoms with Gasteiger partial charge in [-0.15, -0.1) is 0 Å². The Bertz CT molecular complexity index is 471. The summed E-state index contributed by atoms with van der Waals surface area (Å²) < 4.78 is 1.09. The van der Waals surface area contributed by atoms with Crippen LogP contribution in [0.15, 0.2) is 29.0 Å². The van der Waals surface area contributed by atoms with Crippen molar-refractivity contribution < 1.29 is 0 Å². The summed E-state index contributed by atoms with van der Waals surface area (Å²) in [6.07, 6.45) is 1.72. The molecule has 2 aromatic rings. The van der Waals surface area contributed by atoms with Crippen LogP contribution < -0.4 is 5.32 Å². The first kappa shape index (κ1) is 11.2. The normalized spacial score (nSPS) is 10.4. The Kier molecular flexibility index (Phi) is 3.29. The van der Waals surface area contributed by atoms with Gasteiger partial charge in [-0.2, -0.15) is 0 Å². The number of H-pyrrole nitrogens is 1. The topological polar surface area (TPSA) is 40.7 Å².